The lowest BCUT2D eigenvalue weighted by Gasteiger charge is -2.12. The van der Waals surface area contributed by atoms with Gasteiger partial charge in [-0.2, -0.15) is 5.10 Å². The molecule has 0 fully saturated rings. The van der Waals surface area contributed by atoms with Crippen molar-refractivity contribution < 1.29 is 0 Å². The summed E-state index contributed by atoms with van der Waals surface area (Å²) in [7, 11) is 0. The Morgan fingerprint density at radius 1 is 1.56 bits per heavy atom. The number of guanidine groups is 1. The third kappa shape index (κ3) is 5.39. The van der Waals surface area contributed by atoms with Crippen LogP contribution in [0.4, 0.5) is 0 Å². The maximum absolute atomic E-state index is 5.21. The van der Waals surface area contributed by atoms with Crippen LogP contribution >= 0.6 is 0 Å². The number of aromatic nitrogens is 2. The monoisotopic (exact) mass is 247 g/mol. The van der Waals surface area contributed by atoms with Crippen LogP contribution in [-0.2, 0) is 6.54 Å². The molecule has 0 aliphatic carbocycles. The van der Waals surface area contributed by atoms with E-state index in [0.29, 0.717) is 12.5 Å². The summed E-state index contributed by atoms with van der Waals surface area (Å²) in [5.41, 5.74) is 0. The molecule has 0 radical (unpaired) electrons. The second-order valence-electron chi connectivity index (χ2n) is 4.11. The van der Waals surface area contributed by atoms with Crippen molar-refractivity contribution in [3.63, 3.8) is 0 Å². The van der Waals surface area contributed by atoms with Gasteiger partial charge in [0.15, 0.2) is 5.96 Å². The molecule has 2 N–H and O–H groups in total. The zero-order valence-corrected chi connectivity index (χ0v) is 11.1. The normalized spacial score (nSPS) is 12.8. The zero-order chi connectivity index (χ0) is 13.2. The van der Waals surface area contributed by atoms with E-state index in [1.54, 1.807) is 6.20 Å². The van der Waals surface area contributed by atoms with Crippen LogP contribution in [0.1, 0.15) is 13.8 Å². The Morgan fingerprint density at radius 2 is 2.39 bits per heavy atom. The second-order valence-corrected chi connectivity index (χ2v) is 4.11. The highest BCUT2D eigenvalue weighted by atomic mass is 15.3. The highest BCUT2D eigenvalue weighted by Crippen LogP contribution is 1.99. The molecule has 1 aromatic heterocycles. The van der Waals surface area contributed by atoms with Gasteiger partial charge < -0.3 is 10.6 Å². The van der Waals surface area contributed by atoms with Crippen LogP contribution in [0, 0.1) is 18.3 Å². The van der Waals surface area contributed by atoms with Crippen molar-refractivity contribution >= 4 is 5.96 Å². The molecule has 0 aliphatic heterocycles. The average molecular weight is 247 g/mol. The molecule has 0 bridgehead atoms. The molecule has 0 spiro atoms. The van der Waals surface area contributed by atoms with Gasteiger partial charge in [-0.25, -0.2) is 0 Å². The van der Waals surface area contributed by atoms with Crippen LogP contribution in [0.15, 0.2) is 23.5 Å². The molecular formula is C13H21N5. The number of rotatable bonds is 6. The molecule has 5 heteroatoms. The number of hydrogen-bond donors (Lipinski definition) is 2. The maximum Gasteiger partial charge on any atom is 0.192 e. The van der Waals surface area contributed by atoms with Gasteiger partial charge in [-0.1, -0.05) is 12.8 Å². The molecule has 98 valence electrons. The summed E-state index contributed by atoms with van der Waals surface area (Å²) in [6.45, 7) is 7.09. The Labute approximate surface area is 109 Å². The number of nitrogens with zero attached hydrogens (tertiary/aromatic N) is 3. The summed E-state index contributed by atoms with van der Waals surface area (Å²) < 4.78 is 1.92. The number of aliphatic imine (C=N–C) groups is 1. The molecule has 0 saturated carbocycles. The Bertz CT molecular complexity index is 388. The minimum Gasteiger partial charge on any atom is -0.357 e. The quantitative estimate of drug-likeness (QED) is 0.442. The summed E-state index contributed by atoms with van der Waals surface area (Å²) in [6, 6.07) is 1.93. The molecule has 0 aromatic carbocycles. The van der Waals surface area contributed by atoms with E-state index in [1.807, 2.05) is 23.9 Å². The number of hydrogen-bond acceptors (Lipinski definition) is 2. The Balaban J connectivity index is 2.40. The van der Waals surface area contributed by atoms with Gasteiger partial charge in [0.25, 0.3) is 0 Å². The standard InChI is InChI=1S/C13H21N5/c1-4-7-15-13(14-5-2)16-10-12(3)11-18-9-6-8-17-18/h1,6,8-9,12H,5,7,10-11H2,2-3H3,(H2,14,15,16). The van der Waals surface area contributed by atoms with Gasteiger partial charge in [0.05, 0.1) is 6.54 Å². The van der Waals surface area contributed by atoms with E-state index in [0.717, 1.165) is 25.6 Å². The molecule has 1 aromatic rings. The van der Waals surface area contributed by atoms with Crippen molar-refractivity contribution in [3.8, 4) is 12.3 Å². The average Bonchev–Trinajstić information content (AvgIpc) is 2.85. The van der Waals surface area contributed by atoms with Crippen molar-refractivity contribution in [3.05, 3.63) is 18.5 Å². The molecule has 1 unspecified atom stereocenters. The van der Waals surface area contributed by atoms with Gasteiger partial charge >= 0.3 is 0 Å². The summed E-state index contributed by atoms with van der Waals surface area (Å²) in [5.74, 6) is 3.72. The van der Waals surface area contributed by atoms with Crippen LogP contribution < -0.4 is 10.6 Å². The van der Waals surface area contributed by atoms with Gasteiger partial charge in [0, 0.05) is 32.0 Å². The van der Waals surface area contributed by atoms with E-state index in [-0.39, 0.29) is 0 Å². The summed E-state index contributed by atoms with van der Waals surface area (Å²) in [6.07, 6.45) is 8.96. The molecule has 1 rings (SSSR count). The van der Waals surface area contributed by atoms with Crippen LogP contribution in [0.2, 0.25) is 0 Å². The van der Waals surface area contributed by atoms with Crippen molar-refractivity contribution in [2.75, 3.05) is 19.6 Å². The van der Waals surface area contributed by atoms with E-state index in [9.17, 15) is 0 Å². The minimum atomic E-state index is 0.422. The predicted molar refractivity (Wildman–Crippen MR) is 74.2 cm³/mol. The lowest BCUT2D eigenvalue weighted by atomic mass is 10.2. The maximum atomic E-state index is 5.21. The highest BCUT2D eigenvalue weighted by molar-refractivity contribution is 5.79. The molecule has 1 heterocycles. The third-order valence-corrected chi connectivity index (χ3v) is 2.32. The van der Waals surface area contributed by atoms with Gasteiger partial charge in [0.2, 0.25) is 0 Å². The van der Waals surface area contributed by atoms with Gasteiger partial charge in [-0.15, -0.1) is 6.42 Å². The zero-order valence-electron chi connectivity index (χ0n) is 11.1. The Kier molecular flexibility index (Phi) is 6.41. The fraction of sp³-hybridized carbons (Fsp3) is 0.538. The predicted octanol–water partition coefficient (Wildman–Crippen LogP) is 0.707. The Morgan fingerprint density at radius 3 is 3.00 bits per heavy atom. The van der Waals surface area contributed by atoms with Crippen molar-refractivity contribution in [1.29, 1.82) is 0 Å². The van der Waals surface area contributed by atoms with Crippen molar-refractivity contribution in [2.24, 2.45) is 10.9 Å². The fourth-order valence-corrected chi connectivity index (χ4v) is 1.51. The molecule has 0 aliphatic rings. The van der Waals surface area contributed by atoms with E-state index < -0.39 is 0 Å². The molecule has 5 nitrogen and oxygen atoms in total. The van der Waals surface area contributed by atoms with Crippen LogP contribution in [0.3, 0.4) is 0 Å². The molecule has 18 heavy (non-hydrogen) atoms. The first kappa shape index (κ1) is 14.1. The van der Waals surface area contributed by atoms with E-state index >= 15 is 0 Å². The molecule has 1 atom stereocenters. The van der Waals surface area contributed by atoms with Crippen molar-refractivity contribution in [2.45, 2.75) is 20.4 Å². The first-order valence-electron chi connectivity index (χ1n) is 6.19. The molecular weight excluding hydrogens is 226 g/mol. The van der Waals surface area contributed by atoms with E-state index in [2.05, 4.69) is 33.6 Å². The SMILES string of the molecule is C#CCNC(=NCC(C)Cn1cccn1)NCC. The molecule has 0 saturated heterocycles. The van der Waals surface area contributed by atoms with Gasteiger partial charge in [-0.3, -0.25) is 9.67 Å². The van der Waals surface area contributed by atoms with Gasteiger partial charge in [-0.05, 0) is 18.9 Å². The van der Waals surface area contributed by atoms with Crippen LogP contribution in [0.25, 0.3) is 0 Å². The van der Waals surface area contributed by atoms with Crippen LogP contribution in [-0.4, -0.2) is 35.4 Å². The van der Waals surface area contributed by atoms with Gasteiger partial charge in [0.1, 0.15) is 0 Å². The Hall–Kier alpha value is -1.96. The van der Waals surface area contributed by atoms with Crippen LogP contribution in [0.5, 0.6) is 0 Å². The summed E-state index contributed by atoms with van der Waals surface area (Å²) in [4.78, 5) is 4.49. The third-order valence-electron chi connectivity index (χ3n) is 2.32. The van der Waals surface area contributed by atoms with E-state index in [1.165, 1.54) is 0 Å². The number of nitrogens with one attached hydrogen (secondary N) is 2. The number of terminal acetylenes is 1. The lowest BCUT2D eigenvalue weighted by molar-refractivity contribution is 0.458. The van der Waals surface area contributed by atoms with Crippen molar-refractivity contribution in [1.82, 2.24) is 20.4 Å². The fourth-order valence-electron chi connectivity index (χ4n) is 1.51. The smallest absolute Gasteiger partial charge is 0.192 e. The van der Waals surface area contributed by atoms with E-state index in [4.69, 9.17) is 6.42 Å². The first-order chi connectivity index (χ1) is 8.76. The summed E-state index contributed by atoms with van der Waals surface area (Å²) in [5, 5.41) is 10.4. The topological polar surface area (TPSA) is 54.2 Å². The largest absolute Gasteiger partial charge is 0.357 e. The molecule has 0 amide bonds. The highest BCUT2D eigenvalue weighted by Gasteiger charge is 2.03. The lowest BCUT2D eigenvalue weighted by Crippen LogP contribution is -2.37. The minimum absolute atomic E-state index is 0.422. The summed E-state index contributed by atoms with van der Waals surface area (Å²) >= 11 is 0. The second kappa shape index (κ2) is 8.18. The first-order valence-corrected chi connectivity index (χ1v) is 6.19.